The largest absolute Gasteiger partial charge is 0.277 e. The second-order valence-electron chi connectivity index (χ2n) is 2.71. The van der Waals surface area contributed by atoms with Crippen molar-refractivity contribution >= 4 is 16.5 Å². The Kier molecular flexibility index (Phi) is 2.76. The van der Waals surface area contributed by atoms with Crippen LogP contribution >= 0.6 is 11.3 Å². The van der Waals surface area contributed by atoms with Crippen molar-refractivity contribution < 1.29 is 4.84 Å². The van der Waals surface area contributed by atoms with Gasteiger partial charge in [-0.1, -0.05) is 30.3 Å². The fraction of sp³-hybridized carbons (Fsp3) is 0.100. The number of nitrogens with zero attached hydrogens (tertiary/aromatic N) is 1. The second-order valence-corrected chi connectivity index (χ2v) is 3.57. The van der Waals surface area contributed by atoms with Crippen LogP contribution in [0.5, 0.6) is 0 Å². The summed E-state index contributed by atoms with van der Waals surface area (Å²) in [6, 6.07) is 10.1. The summed E-state index contributed by atoms with van der Waals surface area (Å²) in [6.07, 6.45) is 0. The van der Waals surface area contributed by atoms with Crippen LogP contribution in [-0.4, -0.2) is 12.1 Å². The van der Waals surface area contributed by atoms with Gasteiger partial charge in [-0.25, -0.2) is 10.5 Å². The number of rotatable bonds is 3. The van der Waals surface area contributed by atoms with Crippen LogP contribution in [0.15, 0.2) is 35.7 Å². The molecule has 1 heterocycles. The molecule has 0 saturated carbocycles. The zero-order valence-corrected chi connectivity index (χ0v) is 8.54. The molecule has 72 valence electrons. The first-order valence-corrected chi connectivity index (χ1v) is 5.08. The van der Waals surface area contributed by atoms with Crippen molar-refractivity contribution in [2.75, 3.05) is 12.6 Å². The lowest BCUT2D eigenvalue weighted by molar-refractivity contribution is 0.271. The number of aromatic nitrogens is 1. The Morgan fingerprint density at radius 3 is 2.79 bits per heavy atom. The van der Waals surface area contributed by atoms with Crippen molar-refractivity contribution in [3.8, 4) is 11.3 Å². The van der Waals surface area contributed by atoms with E-state index in [1.807, 2.05) is 35.7 Å². The Morgan fingerprint density at radius 1 is 1.29 bits per heavy atom. The maximum atomic E-state index is 4.77. The summed E-state index contributed by atoms with van der Waals surface area (Å²) in [4.78, 5) is 9.13. The average molecular weight is 206 g/mol. The molecule has 1 aromatic heterocycles. The van der Waals surface area contributed by atoms with Gasteiger partial charge in [0.15, 0.2) is 0 Å². The van der Waals surface area contributed by atoms with Crippen LogP contribution in [0.1, 0.15) is 0 Å². The van der Waals surface area contributed by atoms with Crippen molar-refractivity contribution in [3.63, 3.8) is 0 Å². The molecule has 0 spiro atoms. The minimum Gasteiger partial charge on any atom is -0.277 e. The predicted octanol–water partition coefficient (Wildman–Crippen LogP) is 2.78. The molecule has 0 bridgehead atoms. The van der Waals surface area contributed by atoms with E-state index in [-0.39, 0.29) is 0 Å². The highest BCUT2D eigenvalue weighted by molar-refractivity contribution is 7.14. The predicted molar refractivity (Wildman–Crippen MR) is 58.2 cm³/mol. The fourth-order valence-electron chi connectivity index (χ4n) is 1.15. The fourth-order valence-corrected chi connectivity index (χ4v) is 1.84. The van der Waals surface area contributed by atoms with E-state index in [0.717, 1.165) is 16.4 Å². The van der Waals surface area contributed by atoms with Gasteiger partial charge in [0, 0.05) is 10.9 Å². The smallest absolute Gasteiger partial charge is 0.207 e. The van der Waals surface area contributed by atoms with E-state index < -0.39 is 0 Å². The molecule has 4 heteroatoms. The Balaban J connectivity index is 2.25. The molecule has 2 aromatic rings. The summed E-state index contributed by atoms with van der Waals surface area (Å²) in [6.45, 7) is 0. The summed E-state index contributed by atoms with van der Waals surface area (Å²) in [5.41, 5.74) is 4.79. The van der Waals surface area contributed by atoms with Crippen molar-refractivity contribution in [1.82, 2.24) is 4.98 Å². The molecular formula is C10H10N2OS. The van der Waals surface area contributed by atoms with Crippen LogP contribution in [0, 0.1) is 0 Å². The molecule has 0 amide bonds. The molecule has 0 fully saturated rings. The van der Waals surface area contributed by atoms with Gasteiger partial charge in [-0.05, 0) is 0 Å². The summed E-state index contributed by atoms with van der Waals surface area (Å²) in [7, 11) is 1.57. The first kappa shape index (κ1) is 9.18. The van der Waals surface area contributed by atoms with E-state index >= 15 is 0 Å². The van der Waals surface area contributed by atoms with Crippen molar-refractivity contribution in [2.45, 2.75) is 0 Å². The molecule has 3 nitrogen and oxygen atoms in total. The maximum Gasteiger partial charge on any atom is 0.207 e. The van der Waals surface area contributed by atoms with E-state index in [1.54, 1.807) is 7.11 Å². The molecule has 0 unspecified atom stereocenters. The maximum absolute atomic E-state index is 4.77. The standard InChI is InChI=1S/C10H10N2OS/c1-13-12-10-11-9(7-14-10)8-5-3-2-4-6-8/h2-7H,1H3,(H,11,12). The SMILES string of the molecule is CONc1nc(-c2ccccc2)cs1. The van der Waals surface area contributed by atoms with Crippen LogP contribution in [0.3, 0.4) is 0 Å². The average Bonchev–Trinajstić information content (AvgIpc) is 2.68. The first-order valence-electron chi connectivity index (χ1n) is 4.20. The Bertz CT molecular complexity index is 400. The van der Waals surface area contributed by atoms with Gasteiger partial charge in [0.2, 0.25) is 5.13 Å². The topological polar surface area (TPSA) is 34.1 Å². The zero-order chi connectivity index (χ0) is 9.80. The van der Waals surface area contributed by atoms with Crippen LogP contribution in [0.25, 0.3) is 11.3 Å². The third-order valence-corrected chi connectivity index (χ3v) is 2.50. The van der Waals surface area contributed by atoms with Crippen molar-refractivity contribution in [1.29, 1.82) is 0 Å². The molecule has 0 aliphatic heterocycles. The number of anilines is 1. The minimum absolute atomic E-state index is 0.770. The van der Waals surface area contributed by atoms with Gasteiger partial charge in [0.25, 0.3) is 0 Å². The lowest BCUT2D eigenvalue weighted by atomic mass is 10.2. The molecule has 0 aliphatic rings. The van der Waals surface area contributed by atoms with Gasteiger partial charge < -0.3 is 0 Å². The Labute approximate surface area is 86.3 Å². The van der Waals surface area contributed by atoms with Crippen LogP contribution < -0.4 is 5.48 Å². The molecule has 1 aromatic carbocycles. The summed E-state index contributed by atoms with van der Waals surface area (Å²) >= 11 is 1.52. The molecule has 1 N–H and O–H groups in total. The molecular weight excluding hydrogens is 196 g/mol. The number of benzene rings is 1. The van der Waals surface area contributed by atoms with E-state index in [2.05, 4.69) is 10.5 Å². The van der Waals surface area contributed by atoms with Crippen LogP contribution in [0.2, 0.25) is 0 Å². The van der Waals surface area contributed by atoms with Gasteiger partial charge in [0.1, 0.15) is 0 Å². The summed E-state index contributed by atoms with van der Waals surface area (Å²) in [5, 5.41) is 2.77. The van der Waals surface area contributed by atoms with Crippen molar-refractivity contribution in [3.05, 3.63) is 35.7 Å². The first-order chi connectivity index (χ1) is 6.90. The monoisotopic (exact) mass is 206 g/mol. The van der Waals surface area contributed by atoms with Crippen molar-refractivity contribution in [2.24, 2.45) is 0 Å². The van der Waals surface area contributed by atoms with E-state index in [9.17, 15) is 0 Å². The van der Waals surface area contributed by atoms with E-state index in [0.29, 0.717) is 0 Å². The van der Waals surface area contributed by atoms with Gasteiger partial charge in [-0.3, -0.25) is 4.84 Å². The second kappa shape index (κ2) is 4.21. The summed E-state index contributed by atoms with van der Waals surface area (Å²) < 4.78 is 0. The Hall–Kier alpha value is -1.39. The highest BCUT2D eigenvalue weighted by Crippen LogP contribution is 2.24. The number of hydrogen-bond acceptors (Lipinski definition) is 4. The van der Waals surface area contributed by atoms with Crippen LogP contribution in [-0.2, 0) is 4.84 Å². The van der Waals surface area contributed by atoms with E-state index in [1.165, 1.54) is 11.3 Å². The molecule has 0 aliphatic carbocycles. The van der Waals surface area contributed by atoms with Gasteiger partial charge in [-0.2, -0.15) is 0 Å². The Morgan fingerprint density at radius 2 is 2.07 bits per heavy atom. The third-order valence-electron chi connectivity index (χ3n) is 1.76. The van der Waals surface area contributed by atoms with Gasteiger partial charge >= 0.3 is 0 Å². The van der Waals surface area contributed by atoms with Gasteiger partial charge in [-0.15, -0.1) is 11.3 Å². The molecule has 0 saturated heterocycles. The van der Waals surface area contributed by atoms with E-state index in [4.69, 9.17) is 4.84 Å². The molecule has 2 rings (SSSR count). The minimum atomic E-state index is 0.770. The zero-order valence-electron chi connectivity index (χ0n) is 7.73. The molecule has 0 radical (unpaired) electrons. The lowest BCUT2D eigenvalue weighted by Gasteiger charge is -1.96. The molecule has 0 atom stereocenters. The highest BCUT2D eigenvalue weighted by atomic mass is 32.1. The number of thiazole rings is 1. The molecule has 14 heavy (non-hydrogen) atoms. The normalized spacial score (nSPS) is 10.1. The highest BCUT2D eigenvalue weighted by Gasteiger charge is 2.02. The third kappa shape index (κ3) is 1.92. The lowest BCUT2D eigenvalue weighted by Crippen LogP contribution is -1.93. The quantitative estimate of drug-likeness (QED) is 0.784. The number of hydrogen-bond donors (Lipinski definition) is 1. The van der Waals surface area contributed by atoms with Crippen LogP contribution in [0.4, 0.5) is 5.13 Å². The number of nitrogens with one attached hydrogen (secondary N) is 1. The summed E-state index contributed by atoms with van der Waals surface area (Å²) in [5.74, 6) is 0. The van der Waals surface area contributed by atoms with Gasteiger partial charge in [0.05, 0.1) is 12.8 Å².